The maximum Gasteiger partial charge on any atom is 0.222 e. The van der Waals surface area contributed by atoms with Gasteiger partial charge in [0.05, 0.1) is 16.4 Å². The highest BCUT2D eigenvalue weighted by atomic mass is 79.9. The van der Waals surface area contributed by atoms with Gasteiger partial charge in [-0.05, 0) is 49.2 Å². The lowest BCUT2D eigenvalue weighted by molar-refractivity contribution is -0.122. The van der Waals surface area contributed by atoms with Gasteiger partial charge >= 0.3 is 0 Å². The van der Waals surface area contributed by atoms with E-state index in [1.54, 1.807) is 6.20 Å². The molecule has 0 unspecified atom stereocenters. The summed E-state index contributed by atoms with van der Waals surface area (Å²) in [6.07, 6.45) is 2.01. The van der Waals surface area contributed by atoms with Crippen molar-refractivity contribution in [1.82, 2.24) is 10.3 Å². The molecule has 0 saturated carbocycles. The van der Waals surface area contributed by atoms with Crippen molar-refractivity contribution in [2.24, 2.45) is 0 Å². The highest BCUT2D eigenvalue weighted by molar-refractivity contribution is 9.10. The van der Waals surface area contributed by atoms with Gasteiger partial charge < -0.3 is 16.4 Å². The van der Waals surface area contributed by atoms with Crippen molar-refractivity contribution in [3.8, 4) is 0 Å². The van der Waals surface area contributed by atoms with Crippen LogP contribution in [0.5, 0.6) is 0 Å². The molecule has 1 aromatic heterocycles. The number of amides is 1. The summed E-state index contributed by atoms with van der Waals surface area (Å²) in [7, 11) is 0. The zero-order valence-corrected chi connectivity index (χ0v) is 13.4. The quantitative estimate of drug-likeness (QED) is 0.793. The van der Waals surface area contributed by atoms with Gasteiger partial charge in [0.25, 0.3) is 0 Å². The Morgan fingerprint density at radius 3 is 2.68 bits per heavy atom. The molecule has 0 aliphatic rings. The van der Waals surface area contributed by atoms with E-state index >= 15 is 0 Å². The Labute approximate surface area is 122 Å². The minimum Gasteiger partial charge on any atom is -0.397 e. The van der Waals surface area contributed by atoms with Crippen molar-refractivity contribution < 1.29 is 4.79 Å². The summed E-state index contributed by atoms with van der Waals surface area (Å²) in [4.78, 5) is 15.8. The molecule has 0 aromatic carbocycles. The monoisotopic (exact) mass is 328 g/mol. The fourth-order valence-corrected chi connectivity index (χ4v) is 1.96. The zero-order chi connectivity index (χ0) is 14.6. The number of halogens is 1. The summed E-state index contributed by atoms with van der Waals surface area (Å²) in [6.45, 7) is 8.31. The molecule has 0 aliphatic heterocycles. The van der Waals surface area contributed by atoms with Gasteiger partial charge in [0.2, 0.25) is 5.91 Å². The second-order valence-corrected chi connectivity index (χ2v) is 6.27. The van der Waals surface area contributed by atoms with Crippen LogP contribution in [0.1, 0.15) is 32.8 Å². The standard InChI is InChI=1S/C13H21BrN4O/c1-8-9(15)7-17-12(11(8)14)16-6-5-10(19)18-13(2,3)4/h7H,5-6,15H2,1-4H3,(H,16,17)(H,18,19). The first-order valence-electron chi connectivity index (χ1n) is 6.16. The average Bonchev–Trinajstić information content (AvgIpc) is 2.27. The zero-order valence-electron chi connectivity index (χ0n) is 11.8. The molecular weight excluding hydrogens is 308 g/mol. The number of carbonyl (C=O) groups is 1. The molecule has 5 nitrogen and oxygen atoms in total. The van der Waals surface area contributed by atoms with Gasteiger partial charge in [-0.1, -0.05) is 0 Å². The molecule has 1 aromatic rings. The Hall–Kier alpha value is -1.30. The molecule has 0 spiro atoms. The number of aromatic nitrogens is 1. The minimum absolute atomic E-state index is 0.0169. The number of nitrogens with two attached hydrogens (primary N) is 1. The maximum absolute atomic E-state index is 11.7. The Morgan fingerprint density at radius 2 is 2.11 bits per heavy atom. The third-order valence-corrected chi connectivity index (χ3v) is 3.43. The van der Waals surface area contributed by atoms with Gasteiger partial charge in [0, 0.05) is 18.5 Å². The maximum atomic E-state index is 11.7. The van der Waals surface area contributed by atoms with Crippen LogP contribution >= 0.6 is 15.9 Å². The van der Waals surface area contributed by atoms with E-state index in [0.29, 0.717) is 24.5 Å². The molecule has 0 radical (unpaired) electrons. The van der Waals surface area contributed by atoms with E-state index in [-0.39, 0.29) is 11.4 Å². The van der Waals surface area contributed by atoms with Gasteiger partial charge in [-0.15, -0.1) is 0 Å². The number of carbonyl (C=O) groups excluding carboxylic acids is 1. The topological polar surface area (TPSA) is 80.0 Å². The normalized spacial score (nSPS) is 11.2. The Morgan fingerprint density at radius 1 is 1.47 bits per heavy atom. The average molecular weight is 329 g/mol. The van der Waals surface area contributed by atoms with Gasteiger partial charge in [0.1, 0.15) is 5.82 Å². The smallest absolute Gasteiger partial charge is 0.222 e. The predicted octanol–water partition coefficient (Wildman–Crippen LogP) is 2.45. The highest BCUT2D eigenvalue weighted by Gasteiger charge is 2.13. The molecule has 0 bridgehead atoms. The number of hydrogen-bond donors (Lipinski definition) is 3. The molecule has 19 heavy (non-hydrogen) atoms. The summed E-state index contributed by atoms with van der Waals surface area (Å²) < 4.78 is 0.837. The molecule has 6 heteroatoms. The van der Waals surface area contributed by atoms with E-state index in [1.807, 2.05) is 27.7 Å². The first-order chi connectivity index (χ1) is 8.70. The molecule has 1 amide bonds. The minimum atomic E-state index is -0.201. The van der Waals surface area contributed by atoms with Crippen LogP contribution in [0.4, 0.5) is 11.5 Å². The van der Waals surface area contributed by atoms with E-state index in [2.05, 4.69) is 31.5 Å². The van der Waals surface area contributed by atoms with Crippen LogP contribution in [0.25, 0.3) is 0 Å². The van der Waals surface area contributed by atoms with Crippen molar-refractivity contribution in [3.63, 3.8) is 0 Å². The predicted molar refractivity (Wildman–Crippen MR) is 82.1 cm³/mol. The lowest BCUT2D eigenvalue weighted by Crippen LogP contribution is -2.41. The molecule has 0 aliphatic carbocycles. The number of anilines is 2. The summed E-state index contributed by atoms with van der Waals surface area (Å²) in [6, 6.07) is 0. The fraction of sp³-hybridized carbons (Fsp3) is 0.538. The molecule has 0 atom stereocenters. The number of rotatable bonds is 4. The SMILES string of the molecule is Cc1c(N)cnc(NCCC(=O)NC(C)(C)C)c1Br. The van der Waals surface area contributed by atoms with Crippen LogP contribution < -0.4 is 16.4 Å². The Bertz CT molecular complexity index is 468. The Kier molecular flexibility index (Phi) is 5.17. The van der Waals surface area contributed by atoms with Crippen LogP contribution in [0.2, 0.25) is 0 Å². The number of nitrogens with one attached hydrogen (secondary N) is 2. The second kappa shape index (κ2) is 6.23. The fourth-order valence-electron chi connectivity index (χ4n) is 1.49. The third-order valence-electron chi connectivity index (χ3n) is 2.46. The lowest BCUT2D eigenvalue weighted by Gasteiger charge is -2.20. The van der Waals surface area contributed by atoms with Crippen molar-refractivity contribution >= 4 is 33.3 Å². The number of pyridine rings is 1. The van der Waals surface area contributed by atoms with Crippen LogP contribution in [0, 0.1) is 6.92 Å². The van der Waals surface area contributed by atoms with Crippen molar-refractivity contribution in [3.05, 3.63) is 16.2 Å². The molecule has 0 saturated heterocycles. The van der Waals surface area contributed by atoms with Gasteiger partial charge in [0.15, 0.2) is 0 Å². The molecule has 1 rings (SSSR count). The van der Waals surface area contributed by atoms with E-state index in [0.717, 1.165) is 10.0 Å². The summed E-state index contributed by atoms with van der Waals surface area (Å²) in [5.41, 5.74) is 7.13. The Balaban J connectivity index is 2.50. The van der Waals surface area contributed by atoms with Crippen LogP contribution in [0.3, 0.4) is 0 Å². The van der Waals surface area contributed by atoms with Crippen molar-refractivity contribution in [1.29, 1.82) is 0 Å². The van der Waals surface area contributed by atoms with E-state index in [9.17, 15) is 4.79 Å². The molecular formula is C13H21BrN4O. The van der Waals surface area contributed by atoms with Crippen LogP contribution in [-0.4, -0.2) is 23.0 Å². The number of nitrogens with zero attached hydrogens (tertiary/aromatic N) is 1. The molecule has 4 N–H and O–H groups in total. The van der Waals surface area contributed by atoms with Crippen LogP contribution in [0.15, 0.2) is 10.7 Å². The van der Waals surface area contributed by atoms with E-state index < -0.39 is 0 Å². The second-order valence-electron chi connectivity index (χ2n) is 5.48. The number of nitrogen functional groups attached to an aromatic ring is 1. The summed E-state index contributed by atoms with van der Waals surface area (Å²) in [5.74, 6) is 0.721. The van der Waals surface area contributed by atoms with E-state index in [1.165, 1.54) is 0 Å². The van der Waals surface area contributed by atoms with Gasteiger partial charge in [-0.2, -0.15) is 0 Å². The first-order valence-corrected chi connectivity index (χ1v) is 6.95. The van der Waals surface area contributed by atoms with Gasteiger partial charge in [-0.3, -0.25) is 4.79 Å². The van der Waals surface area contributed by atoms with Crippen molar-refractivity contribution in [2.45, 2.75) is 39.7 Å². The van der Waals surface area contributed by atoms with E-state index in [4.69, 9.17) is 5.73 Å². The van der Waals surface area contributed by atoms with Crippen LogP contribution in [-0.2, 0) is 4.79 Å². The highest BCUT2D eigenvalue weighted by Crippen LogP contribution is 2.27. The third kappa shape index (κ3) is 5.06. The summed E-state index contributed by atoms with van der Waals surface area (Å²) >= 11 is 3.44. The summed E-state index contributed by atoms with van der Waals surface area (Å²) in [5, 5.41) is 6.03. The molecule has 106 valence electrons. The number of hydrogen-bond acceptors (Lipinski definition) is 4. The first kappa shape index (κ1) is 15.8. The van der Waals surface area contributed by atoms with Gasteiger partial charge in [-0.25, -0.2) is 4.98 Å². The largest absolute Gasteiger partial charge is 0.397 e. The molecule has 0 fully saturated rings. The molecule has 1 heterocycles. The van der Waals surface area contributed by atoms with Crippen molar-refractivity contribution in [2.75, 3.05) is 17.6 Å². The lowest BCUT2D eigenvalue weighted by atomic mass is 10.1.